The van der Waals surface area contributed by atoms with Crippen LogP contribution in [0, 0.1) is 0 Å². The van der Waals surface area contributed by atoms with Gasteiger partial charge in [-0.3, -0.25) is 10.1 Å². The average Bonchev–Trinajstić information content (AvgIpc) is 3.02. The van der Waals surface area contributed by atoms with Gasteiger partial charge in [0.25, 0.3) is 5.91 Å². The zero-order valence-electron chi connectivity index (χ0n) is 12.9. The molecule has 0 saturated heterocycles. The second-order valence-electron chi connectivity index (χ2n) is 5.10. The molecule has 128 valence electrons. The number of carbonyl (C=O) groups excluding carboxylic acids is 1. The Morgan fingerprint density at radius 2 is 1.88 bits per heavy atom. The Morgan fingerprint density at radius 1 is 1.08 bits per heavy atom. The molecule has 0 aliphatic carbocycles. The summed E-state index contributed by atoms with van der Waals surface area (Å²) in [6.45, 7) is -0.133. The van der Waals surface area contributed by atoms with E-state index in [1.165, 1.54) is 11.3 Å². The Labute approximate surface area is 158 Å². The lowest BCUT2D eigenvalue weighted by Gasteiger charge is -2.05. The van der Waals surface area contributed by atoms with Crippen molar-refractivity contribution >= 4 is 45.6 Å². The highest BCUT2D eigenvalue weighted by Crippen LogP contribution is 2.20. The molecule has 1 heterocycles. The summed E-state index contributed by atoms with van der Waals surface area (Å²) in [5.41, 5.74) is 1.07. The molecule has 0 atom stereocenters. The fourth-order valence-electron chi connectivity index (χ4n) is 2.01. The number of halogens is 2. The first-order valence-electron chi connectivity index (χ1n) is 7.33. The van der Waals surface area contributed by atoms with Gasteiger partial charge in [0.05, 0.1) is 0 Å². The molecule has 5 nitrogen and oxygen atoms in total. The number of ether oxygens (including phenoxy) is 1. The van der Waals surface area contributed by atoms with Crippen molar-refractivity contribution in [3.8, 4) is 5.75 Å². The van der Waals surface area contributed by atoms with Gasteiger partial charge in [0.2, 0.25) is 5.13 Å². The van der Waals surface area contributed by atoms with Crippen molar-refractivity contribution < 1.29 is 9.53 Å². The van der Waals surface area contributed by atoms with Crippen LogP contribution in [0.1, 0.15) is 10.6 Å². The van der Waals surface area contributed by atoms with Crippen molar-refractivity contribution in [3.63, 3.8) is 0 Å². The molecule has 25 heavy (non-hydrogen) atoms. The molecule has 1 aromatic heterocycles. The van der Waals surface area contributed by atoms with Crippen LogP contribution >= 0.6 is 34.5 Å². The van der Waals surface area contributed by atoms with Gasteiger partial charge in [-0.1, -0.05) is 52.7 Å². The highest BCUT2D eigenvalue weighted by molar-refractivity contribution is 7.15. The summed E-state index contributed by atoms with van der Waals surface area (Å²) in [5.74, 6) is 0.220. The number of amides is 1. The van der Waals surface area contributed by atoms with Gasteiger partial charge in [0.1, 0.15) is 10.8 Å². The topological polar surface area (TPSA) is 64.1 Å². The number of aromatic nitrogens is 2. The van der Waals surface area contributed by atoms with Crippen LogP contribution in [0.4, 0.5) is 5.13 Å². The number of rotatable bonds is 6. The molecule has 1 N–H and O–H groups in total. The Hall–Kier alpha value is -2.15. The normalized spacial score (nSPS) is 10.5. The molecule has 0 bridgehead atoms. The van der Waals surface area contributed by atoms with E-state index in [9.17, 15) is 4.79 Å². The maximum absolute atomic E-state index is 11.9. The first-order chi connectivity index (χ1) is 12.1. The van der Waals surface area contributed by atoms with Gasteiger partial charge >= 0.3 is 0 Å². The van der Waals surface area contributed by atoms with Crippen LogP contribution in [0.5, 0.6) is 5.75 Å². The quantitative estimate of drug-likeness (QED) is 0.671. The standard InChI is InChI=1S/C17H13Cl2N3O2S/c18-12-6-4-11(5-7-12)8-16-21-22-17(25-16)20-15(23)10-24-14-3-1-2-13(19)9-14/h1-7,9H,8,10H2,(H,20,22,23). The van der Waals surface area contributed by atoms with Crippen LogP contribution in [-0.4, -0.2) is 22.7 Å². The molecule has 0 fully saturated rings. The van der Waals surface area contributed by atoms with Crippen LogP contribution in [0.2, 0.25) is 10.0 Å². The van der Waals surface area contributed by atoms with E-state index in [-0.39, 0.29) is 12.5 Å². The van der Waals surface area contributed by atoms with E-state index in [2.05, 4.69) is 15.5 Å². The molecule has 0 saturated carbocycles. The van der Waals surface area contributed by atoms with Gasteiger partial charge in [-0.15, -0.1) is 10.2 Å². The maximum atomic E-state index is 11.9. The van der Waals surface area contributed by atoms with Crippen molar-refractivity contribution in [3.05, 3.63) is 69.1 Å². The van der Waals surface area contributed by atoms with E-state index in [1.54, 1.807) is 24.3 Å². The number of hydrogen-bond acceptors (Lipinski definition) is 5. The fourth-order valence-corrected chi connectivity index (χ4v) is 3.11. The minimum Gasteiger partial charge on any atom is -0.484 e. The van der Waals surface area contributed by atoms with Crippen LogP contribution in [0.25, 0.3) is 0 Å². The zero-order valence-corrected chi connectivity index (χ0v) is 15.2. The second kappa shape index (κ2) is 8.29. The lowest BCUT2D eigenvalue weighted by molar-refractivity contribution is -0.118. The van der Waals surface area contributed by atoms with Crippen LogP contribution < -0.4 is 10.1 Å². The molecule has 1 amide bonds. The highest BCUT2D eigenvalue weighted by atomic mass is 35.5. The Balaban J connectivity index is 1.52. The Morgan fingerprint density at radius 3 is 2.64 bits per heavy atom. The van der Waals surface area contributed by atoms with E-state index in [0.717, 1.165) is 10.6 Å². The molecule has 8 heteroatoms. The first-order valence-corrected chi connectivity index (χ1v) is 8.91. The van der Waals surface area contributed by atoms with Crippen molar-refractivity contribution in [2.24, 2.45) is 0 Å². The summed E-state index contributed by atoms with van der Waals surface area (Å²) in [5, 5.41) is 13.2. The van der Waals surface area contributed by atoms with Crippen LogP contribution in [0.15, 0.2) is 48.5 Å². The molecule has 0 radical (unpaired) electrons. The zero-order chi connectivity index (χ0) is 17.6. The highest BCUT2D eigenvalue weighted by Gasteiger charge is 2.10. The van der Waals surface area contributed by atoms with Gasteiger partial charge in [0.15, 0.2) is 6.61 Å². The fraction of sp³-hybridized carbons (Fsp3) is 0.118. The molecule has 2 aromatic carbocycles. The smallest absolute Gasteiger partial charge is 0.264 e. The van der Waals surface area contributed by atoms with Gasteiger partial charge in [-0.2, -0.15) is 0 Å². The minimum absolute atomic E-state index is 0.133. The SMILES string of the molecule is O=C(COc1cccc(Cl)c1)Nc1nnc(Cc2ccc(Cl)cc2)s1. The lowest BCUT2D eigenvalue weighted by Crippen LogP contribution is -2.20. The predicted molar refractivity (Wildman–Crippen MR) is 99.7 cm³/mol. The Bertz CT molecular complexity index is 868. The molecule has 0 spiro atoms. The summed E-state index contributed by atoms with van der Waals surface area (Å²) < 4.78 is 5.38. The van der Waals surface area contributed by atoms with E-state index in [4.69, 9.17) is 27.9 Å². The molecule has 3 aromatic rings. The van der Waals surface area contributed by atoms with Gasteiger partial charge in [0, 0.05) is 16.5 Å². The molecular weight excluding hydrogens is 381 g/mol. The van der Waals surface area contributed by atoms with Crippen molar-refractivity contribution in [1.29, 1.82) is 0 Å². The molecule has 0 aliphatic heterocycles. The molecule has 0 aliphatic rings. The largest absolute Gasteiger partial charge is 0.484 e. The number of benzene rings is 2. The van der Waals surface area contributed by atoms with Crippen molar-refractivity contribution in [1.82, 2.24) is 10.2 Å². The summed E-state index contributed by atoms with van der Waals surface area (Å²) in [7, 11) is 0. The van der Waals surface area contributed by atoms with E-state index in [0.29, 0.717) is 27.3 Å². The predicted octanol–water partition coefficient (Wildman–Crippen LogP) is 4.45. The maximum Gasteiger partial charge on any atom is 0.264 e. The summed E-state index contributed by atoms with van der Waals surface area (Å²) in [6.07, 6.45) is 0.629. The summed E-state index contributed by atoms with van der Waals surface area (Å²) >= 11 is 13.1. The summed E-state index contributed by atoms with van der Waals surface area (Å²) in [4.78, 5) is 11.9. The number of hydrogen-bond donors (Lipinski definition) is 1. The van der Waals surface area contributed by atoms with Crippen molar-refractivity contribution in [2.75, 3.05) is 11.9 Å². The van der Waals surface area contributed by atoms with E-state index in [1.807, 2.05) is 24.3 Å². The van der Waals surface area contributed by atoms with Gasteiger partial charge in [-0.05, 0) is 35.9 Å². The number of nitrogens with zero attached hydrogens (tertiary/aromatic N) is 2. The third kappa shape index (κ3) is 5.42. The first kappa shape index (κ1) is 17.7. The lowest BCUT2D eigenvalue weighted by atomic mass is 10.2. The molecule has 3 rings (SSSR count). The molecular formula is C17H13Cl2N3O2S. The third-order valence-electron chi connectivity index (χ3n) is 3.15. The third-order valence-corrected chi connectivity index (χ3v) is 4.47. The second-order valence-corrected chi connectivity index (χ2v) is 7.03. The summed E-state index contributed by atoms with van der Waals surface area (Å²) in [6, 6.07) is 14.4. The van der Waals surface area contributed by atoms with Crippen molar-refractivity contribution in [2.45, 2.75) is 6.42 Å². The Kier molecular flexibility index (Phi) is 5.86. The average molecular weight is 394 g/mol. The number of nitrogens with one attached hydrogen (secondary N) is 1. The van der Waals surface area contributed by atoms with Crippen LogP contribution in [0.3, 0.4) is 0 Å². The van der Waals surface area contributed by atoms with Gasteiger partial charge < -0.3 is 4.74 Å². The van der Waals surface area contributed by atoms with Gasteiger partial charge in [-0.25, -0.2) is 0 Å². The number of carbonyl (C=O) groups is 1. The van der Waals surface area contributed by atoms with Crippen LogP contribution in [-0.2, 0) is 11.2 Å². The molecule has 0 unspecified atom stereocenters. The van der Waals surface area contributed by atoms with E-state index >= 15 is 0 Å². The number of anilines is 1. The van der Waals surface area contributed by atoms with E-state index < -0.39 is 0 Å². The monoisotopic (exact) mass is 393 g/mol. The minimum atomic E-state index is -0.311.